The highest BCUT2D eigenvalue weighted by Gasteiger charge is 2.06. The summed E-state index contributed by atoms with van der Waals surface area (Å²) in [5.74, 6) is 1.59. The smallest absolute Gasteiger partial charge is 0.122 e. The molecular formula is C17H29NO. The van der Waals surface area contributed by atoms with Crippen molar-refractivity contribution < 1.29 is 4.74 Å². The van der Waals surface area contributed by atoms with Crippen molar-refractivity contribution in [3.63, 3.8) is 0 Å². The van der Waals surface area contributed by atoms with Gasteiger partial charge in [0.2, 0.25) is 0 Å². The second-order valence-corrected chi connectivity index (χ2v) is 5.76. The van der Waals surface area contributed by atoms with Crippen molar-refractivity contribution in [2.45, 2.75) is 45.4 Å². The van der Waals surface area contributed by atoms with E-state index in [0.29, 0.717) is 5.92 Å². The standard InChI is InChI=1S/C17H29NO/c1-15(2)16-11-7-8-12-17(16)19-14-10-6-5-9-13-18(3)4/h7-8,11-12,15H,5-6,9-10,13-14H2,1-4H3. The SMILES string of the molecule is CC(C)c1ccccc1OCCCCCCN(C)C. The van der Waals surface area contributed by atoms with Crippen LogP contribution in [0.25, 0.3) is 0 Å². The molecule has 2 nitrogen and oxygen atoms in total. The zero-order valence-corrected chi connectivity index (χ0v) is 13.0. The Hall–Kier alpha value is -1.02. The quantitative estimate of drug-likeness (QED) is 0.616. The van der Waals surface area contributed by atoms with Gasteiger partial charge in [-0.1, -0.05) is 44.9 Å². The molecule has 0 saturated heterocycles. The summed E-state index contributed by atoms with van der Waals surface area (Å²) < 4.78 is 5.92. The third kappa shape index (κ3) is 6.63. The summed E-state index contributed by atoms with van der Waals surface area (Å²) in [6.07, 6.45) is 5.00. The van der Waals surface area contributed by atoms with Crippen LogP contribution >= 0.6 is 0 Å². The van der Waals surface area contributed by atoms with Crippen molar-refractivity contribution >= 4 is 0 Å². The minimum absolute atomic E-state index is 0.524. The molecule has 0 atom stereocenters. The first kappa shape index (κ1) is 16.0. The third-order valence-electron chi connectivity index (χ3n) is 3.30. The van der Waals surface area contributed by atoms with Gasteiger partial charge in [-0.25, -0.2) is 0 Å². The molecule has 0 unspecified atom stereocenters. The summed E-state index contributed by atoms with van der Waals surface area (Å²) in [5, 5.41) is 0. The van der Waals surface area contributed by atoms with E-state index < -0.39 is 0 Å². The summed E-state index contributed by atoms with van der Waals surface area (Å²) in [6.45, 7) is 6.45. The first-order chi connectivity index (χ1) is 9.11. The van der Waals surface area contributed by atoms with Gasteiger partial charge < -0.3 is 9.64 Å². The predicted molar refractivity (Wildman–Crippen MR) is 83.0 cm³/mol. The molecule has 0 fully saturated rings. The van der Waals surface area contributed by atoms with E-state index in [4.69, 9.17) is 4.74 Å². The van der Waals surface area contributed by atoms with Gasteiger partial charge in [-0.05, 0) is 51.0 Å². The summed E-state index contributed by atoms with van der Waals surface area (Å²) in [7, 11) is 4.26. The monoisotopic (exact) mass is 263 g/mol. The zero-order valence-electron chi connectivity index (χ0n) is 13.0. The van der Waals surface area contributed by atoms with Gasteiger partial charge >= 0.3 is 0 Å². The Labute approximate surface area is 118 Å². The Bertz CT molecular complexity index is 347. The van der Waals surface area contributed by atoms with E-state index in [1.54, 1.807) is 0 Å². The fraction of sp³-hybridized carbons (Fsp3) is 0.647. The molecule has 0 aliphatic heterocycles. The zero-order chi connectivity index (χ0) is 14.1. The van der Waals surface area contributed by atoms with Gasteiger partial charge in [-0.15, -0.1) is 0 Å². The molecule has 2 heteroatoms. The summed E-state index contributed by atoms with van der Waals surface area (Å²) in [6, 6.07) is 8.39. The van der Waals surface area contributed by atoms with E-state index in [1.165, 1.54) is 31.4 Å². The number of nitrogens with zero attached hydrogens (tertiary/aromatic N) is 1. The Morgan fingerprint density at radius 3 is 2.37 bits per heavy atom. The molecule has 19 heavy (non-hydrogen) atoms. The van der Waals surface area contributed by atoms with Gasteiger partial charge in [0.05, 0.1) is 6.61 Å². The Balaban J connectivity index is 2.19. The normalized spacial score (nSPS) is 11.3. The predicted octanol–water partition coefficient (Wildman–Crippen LogP) is 4.31. The van der Waals surface area contributed by atoms with Crippen LogP contribution in [0.4, 0.5) is 0 Å². The van der Waals surface area contributed by atoms with Crippen LogP contribution in [0, 0.1) is 0 Å². The van der Waals surface area contributed by atoms with E-state index in [2.05, 4.69) is 57.1 Å². The minimum atomic E-state index is 0.524. The fourth-order valence-corrected chi connectivity index (χ4v) is 2.15. The highest BCUT2D eigenvalue weighted by atomic mass is 16.5. The van der Waals surface area contributed by atoms with E-state index in [0.717, 1.165) is 18.8 Å². The van der Waals surface area contributed by atoms with Crippen molar-refractivity contribution in [2.24, 2.45) is 0 Å². The van der Waals surface area contributed by atoms with Crippen LogP contribution in [0.2, 0.25) is 0 Å². The molecule has 0 spiro atoms. The second kappa shape index (κ2) is 8.98. The lowest BCUT2D eigenvalue weighted by molar-refractivity contribution is 0.298. The lowest BCUT2D eigenvalue weighted by atomic mass is 10.0. The Morgan fingerprint density at radius 2 is 1.68 bits per heavy atom. The molecule has 0 saturated carbocycles. The number of benzene rings is 1. The van der Waals surface area contributed by atoms with Crippen LogP contribution < -0.4 is 4.74 Å². The number of rotatable bonds is 9. The number of hydrogen-bond donors (Lipinski definition) is 0. The molecule has 0 amide bonds. The van der Waals surface area contributed by atoms with Crippen molar-refractivity contribution in [2.75, 3.05) is 27.2 Å². The highest BCUT2D eigenvalue weighted by Crippen LogP contribution is 2.25. The number of unbranched alkanes of at least 4 members (excludes halogenated alkanes) is 3. The van der Waals surface area contributed by atoms with Crippen LogP contribution in [0.3, 0.4) is 0 Å². The Morgan fingerprint density at radius 1 is 1.00 bits per heavy atom. The maximum Gasteiger partial charge on any atom is 0.122 e. The lowest BCUT2D eigenvalue weighted by Gasteiger charge is -2.14. The van der Waals surface area contributed by atoms with Crippen molar-refractivity contribution in [3.05, 3.63) is 29.8 Å². The molecule has 0 radical (unpaired) electrons. The average molecular weight is 263 g/mol. The van der Waals surface area contributed by atoms with Gasteiger partial charge in [-0.2, -0.15) is 0 Å². The van der Waals surface area contributed by atoms with Crippen molar-refractivity contribution in [1.29, 1.82) is 0 Å². The molecule has 1 aromatic carbocycles. The van der Waals surface area contributed by atoms with E-state index >= 15 is 0 Å². The molecule has 0 bridgehead atoms. The van der Waals surface area contributed by atoms with Gasteiger partial charge in [-0.3, -0.25) is 0 Å². The number of para-hydroxylation sites is 1. The number of hydrogen-bond acceptors (Lipinski definition) is 2. The van der Waals surface area contributed by atoms with Crippen LogP contribution in [0.1, 0.15) is 51.0 Å². The van der Waals surface area contributed by atoms with E-state index in [-0.39, 0.29) is 0 Å². The summed E-state index contributed by atoms with van der Waals surface area (Å²) in [4.78, 5) is 2.25. The van der Waals surface area contributed by atoms with Crippen molar-refractivity contribution in [3.8, 4) is 5.75 Å². The molecule has 1 rings (SSSR count). The van der Waals surface area contributed by atoms with Crippen LogP contribution in [-0.4, -0.2) is 32.1 Å². The average Bonchev–Trinajstić information content (AvgIpc) is 2.37. The van der Waals surface area contributed by atoms with Gasteiger partial charge in [0.15, 0.2) is 0 Å². The second-order valence-electron chi connectivity index (χ2n) is 5.76. The molecule has 108 valence electrons. The first-order valence-electron chi connectivity index (χ1n) is 7.47. The molecule has 0 N–H and O–H groups in total. The van der Waals surface area contributed by atoms with E-state index in [1.807, 2.05) is 0 Å². The molecular weight excluding hydrogens is 234 g/mol. The van der Waals surface area contributed by atoms with Crippen LogP contribution in [-0.2, 0) is 0 Å². The van der Waals surface area contributed by atoms with Crippen LogP contribution in [0.15, 0.2) is 24.3 Å². The summed E-state index contributed by atoms with van der Waals surface area (Å²) >= 11 is 0. The van der Waals surface area contributed by atoms with Crippen molar-refractivity contribution in [1.82, 2.24) is 4.90 Å². The van der Waals surface area contributed by atoms with Gasteiger partial charge in [0.25, 0.3) is 0 Å². The fourth-order valence-electron chi connectivity index (χ4n) is 2.15. The van der Waals surface area contributed by atoms with E-state index in [9.17, 15) is 0 Å². The summed E-state index contributed by atoms with van der Waals surface area (Å²) in [5.41, 5.74) is 1.31. The number of ether oxygens (including phenoxy) is 1. The van der Waals surface area contributed by atoms with Gasteiger partial charge in [0, 0.05) is 0 Å². The first-order valence-corrected chi connectivity index (χ1v) is 7.47. The maximum atomic E-state index is 5.92. The topological polar surface area (TPSA) is 12.5 Å². The van der Waals surface area contributed by atoms with Gasteiger partial charge in [0.1, 0.15) is 5.75 Å². The van der Waals surface area contributed by atoms with Crippen LogP contribution in [0.5, 0.6) is 5.75 Å². The molecule has 0 aromatic heterocycles. The lowest BCUT2D eigenvalue weighted by Crippen LogP contribution is -2.12. The Kier molecular flexibility index (Phi) is 7.57. The minimum Gasteiger partial charge on any atom is -0.493 e. The molecule has 0 aliphatic carbocycles. The molecule has 0 aliphatic rings. The molecule has 1 aromatic rings. The third-order valence-corrected chi connectivity index (χ3v) is 3.30. The largest absolute Gasteiger partial charge is 0.493 e. The highest BCUT2D eigenvalue weighted by molar-refractivity contribution is 5.35. The maximum absolute atomic E-state index is 5.92. The molecule has 0 heterocycles.